The summed E-state index contributed by atoms with van der Waals surface area (Å²) in [4.78, 5) is 0. The first-order valence-corrected chi connectivity index (χ1v) is 11.3. The summed E-state index contributed by atoms with van der Waals surface area (Å²) < 4.78 is 0. The van der Waals surface area contributed by atoms with Gasteiger partial charge in [-0.3, -0.25) is 0 Å². The normalized spacial score (nSPS) is 29.4. The number of phenols is 2. The van der Waals surface area contributed by atoms with Gasteiger partial charge in [-0.2, -0.15) is 0 Å². The molecule has 2 saturated carbocycles. The van der Waals surface area contributed by atoms with Crippen LogP contribution < -0.4 is 0 Å². The Morgan fingerprint density at radius 2 is 1.52 bits per heavy atom. The third kappa shape index (κ3) is 1.84. The molecule has 2 heteroatoms. The van der Waals surface area contributed by atoms with Gasteiger partial charge in [-0.1, -0.05) is 37.1 Å². The maximum absolute atomic E-state index is 10.9. The summed E-state index contributed by atoms with van der Waals surface area (Å²) in [7, 11) is 0. The van der Waals surface area contributed by atoms with Crippen molar-refractivity contribution in [3.63, 3.8) is 0 Å². The van der Waals surface area contributed by atoms with Gasteiger partial charge in [0.05, 0.1) is 0 Å². The van der Waals surface area contributed by atoms with E-state index in [1.165, 1.54) is 54.0 Å². The molecule has 4 unspecified atom stereocenters. The monoisotopic (exact) mass is 382 g/mol. The maximum Gasteiger partial charge on any atom is 0.165 e. The Bertz CT molecular complexity index is 1250. The lowest BCUT2D eigenvalue weighted by Gasteiger charge is -2.46. The number of phenolic OH excluding ortho intramolecular Hbond substituents is 2. The number of hydrogen-bond acceptors (Lipinski definition) is 2. The van der Waals surface area contributed by atoms with E-state index in [0.29, 0.717) is 5.92 Å². The van der Waals surface area contributed by atoms with Gasteiger partial charge in [-0.05, 0) is 94.8 Å². The molecule has 4 aliphatic rings. The maximum atomic E-state index is 10.9. The molecule has 3 aromatic rings. The van der Waals surface area contributed by atoms with Crippen molar-refractivity contribution in [1.82, 2.24) is 0 Å². The average Bonchev–Trinajstić information content (AvgIpc) is 2.70. The molecule has 4 atom stereocenters. The van der Waals surface area contributed by atoms with E-state index in [-0.39, 0.29) is 17.4 Å². The second-order valence-corrected chi connectivity index (χ2v) is 9.84. The van der Waals surface area contributed by atoms with Crippen LogP contribution in [0.15, 0.2) is 36.4 Å². The van der Waals surface area contributed by atoms with Crippen molar-refractivity contribution >= 4 is 21.5 Å². The first kappa shape index (κ1) is 16.3. The summed E-state index contributed by atoms with van der Waals surface area (Å²) >= 11 is 0. The second kappa shape index (κ2) is 5.36. The van der Waals surface area contributed by atoms with E-state index >= 15 is 0 Å². The van der Waals surface area contributed by atoms with Crippen molar-refractivity contribution in [2.24, 2.45) is 0 Å². The summed E-state index contributed by atoms with van der Waals surface area (Å²) in [5, 5.41) is 26.3. The second-order valence-electron chi connectivity index (χ2n) is 9.84. The topological polar surface area (TPSA) is 40.5 Å². The van der Waals surface area contributed by atoms with Crippen LogP contribution in [-0.2, 0) is 0 Å². The highest BCUT2D eigenvalue weighted by Gasteiger charge is 2.46. The van der Waals surface area contributed by atoms with Crippen LogP contribution in [0.2, 0.25) is 0 Å². The largest absolute Gasteiger partial charge is 0.504 e. The number of benzene rings is 3. The Balaban J connectivity index is 1.54. The van der Waals surface area contributed by atoms with Crippen molar-refractivity contribution in [1.29, 1.82) is 0 Å². The van der Waals surface area contributed by atoms with Gasteiger partial charge < -0.3 is 10.2 Å². The fourth-order valence-corrected chi connectivity index (χ4v) is 7.34. The molecule has 0 spiro atoms. The van der Waals surface area contributed by atoms with Crippen LogP contribution in [0, 0.1) is 0 Å². The van der Waals surface area contributed by atoms with Crippen molar-refractivity contribution in [2.45, 2.75) is 68.6 Å². The summed E-state index contributed by atoms with van der Waals surface area (Å²) in [6.45, 7) is 4.28. The third-order valence-electron chi connectivity index (χ3n) is 8.62. The van der Waals surface area contributed by atoms with Gasteiger partial charge in [-0.25, -0.2) is 0 Å². The molecular formula is C27H26O2. The molecule has 4 aliphatic carbocycles. The molecule has 0 amide bonds. The fraction of sp³-hybridized carbons (Fsp3) is 0.407. The Kier molecular flexibility index (Phi) is 3.02. The van der Waals surface area contributed by atoms with E-state index in [1.54, 1.807) is 11.1 Å². The van der Waals surface area contributed by atoms with E-state index < -0.39 is 0 Å². The van der Waals surface area contributed by atoms with Crippen LogP contribution in [0.5, 0.6) is 11.5 Å². The Hall–Kier alpha value is -2.48. The van der Waals surface area contributed by atoms with Gasteiger partial charge in [0.15, 0.2) is 11.5 Å². The number of rotatable bonds is 0. The summed E-state index contributed by atoms with van der Waals surface area (Å²) in [5.74, 6) is 2.31. The predicted octanol–water partition coefficient (Wildman–Crippen LogP) is 7.08. The fourth-order valence-electron chi connectivity index (χ4n) is 7.34. The van der Waals surface area contributed by atoms with Gasteiger partial charge in [0.25, 0.3) is 0 Å². The minimum Gasteiger partial charge on any atom is -0.504 e. The molecule has 2 nitrogen and oxygen atoms in total. The van der Waals surface area contributed by atoms with Crippen molar-refractivity contribution in [2.75, 3.05) is 0 Å². The molecular weight excluding hydrogens is 356 g/mol. The number of hydrogen-bond donors (Lipinski definition) is 2. The quantitative estimate of drug-likeness (QED) is 0.248. The zero-order chi connectivity index (χ0) is 19.4. The third-order valence-corrected chi connectivity index (χ3v) is 8.62. The van der Waals surface area contributed by atoms with Gasteiger partial charge >= 0.3 is 0 Å². The Labute approximate surface area is 170 Å². The van der Waals surface area contributed by atoms with Gasteiger partial charge in [0.2, 0.25) is 0 Å². The zero-order valence-corrected chi connectivity index (χ0v) is 16.7. The lowest BCUT2D eigenvalue weighted by Crippen LogP contribution is -2.29. The Morgan fingerprint density at radius 3 is 2.38 bits per heavy atom. The van der Waals surface area contributed by atoms with Crippen molar-refractivity contribution < 1.29 is 10.2 Å². The van der Waals surface area contributed by atoms with Crippen molar-refractivity contribution in [3.8, 4) is 11.5 Å². The molecule has 7 rings (SSSR count). The Morgan fingerprint density at radius 1 is 0.724 bits per heavy atom. The molecule has 0 saturated heterocycles. The molecule has 0 bridgehead atoms. The lowest BCUT2D eigenvalue weighted by atomic mass is 9.57. The number of fused-ring (bicyclic) bond motifs is 12. The molecule has 2 N–H and O–H groups in total. The first-order valence-electron chi connectivity index (χ1n) is 11.3. The van der Waals surface area contributed by atoms with Crippen LogP contribution in [0.3, 0.4) is 0 Å². The summed E-state index contributed by atoms with van der Waals surface area (Å²) in [5.41, 5.74) is 6.58. The minimum absolute atomic E-state index is 0.0516. The van der Waals surface area contributed by atoms with E-state index in [9.17, 15) is 10.2 Å². The number of allylic oxidation sites excluding steroid dienone is 1. The molecule has 0 aromatic heterocycles. The summed E-state index contributed by atoms with van der Waals surface area (Å²) in [6, 6.07) is 9.00. The van der Waals surface area contributed by atoms with Crippen LogP contribution in [-0.4, -0.2) is 10.2 Å². The van der Waals surface area contributed by atoms with Crippen molar-refractivity contribution in [3.05, 3.63) is 58.7 Å². The molecule has 146 valence electrons. The zero-order valence-electron chi connectivity index (χ0n) is 16.7. The minimum atomic E-state index is 0.0516. The van der Waals surface area contributed by atoms with E-state index in [2.05, 4.69) is 30.8 Å². The van der Waals surface area contributed by atoms with E-state index in [4.69, 9.17) is 0 Å². The van der Waals surface area contributed by atoms with Crippen LogP contribution in [0.1, 0.15) is 90.9 Å². The van der Waals surface area contributed by atoms with Crippen LogP contribution in [0.4, 0.5) is 0 Å². The van der Waals surface area contributed by atoms with Gasteiger partial charge in [-0.15, -0.1) is 0 Å². The highest BCUT2D eigenvalue weighted by molar-refractivity contribution is 6.07. The molecule has 3 aromatic carbocycles. The molecule has 2 fully saturated rings. The smallest absolute Gasteiger partial charge is 0.165 e. The molecule has 0 aliphatic heterocycles. The molecule has 0 radical (unpaired) electrons. The highest BCUT2D eigenvalue weighted by atomic mass is 16.3. The SMILES string of the molecule is C=C1CCCC2c3c(c(O)c(O)c4cc5ccc6c(c5cc34)C3CCCCC63)C12. The average molecular weight is 383 g/mol. The van der Waals surface area contributed by atoms with E-state index in [0.717, 1.165) is 41.0 Å². The van der Waals surface area contributed by atoms with Gasteiger partial charge in [0, 0.05) is 16.9 Å². The number of aromatic hydroxyl groups is 2. The molecule has 29 heavy (non-hydrogen) atoms. The summed E-state index contributed by atoms with van der Waals surface area (Å²) in [6.07, 6.45) is 8.74. The predicted molar refractivity (Wildman–Crippen MR) is 117 cm³/mol. The van der Waals surface area contributed by atoms with Crippen LogP contribution >= 0.6 is 0 Å². The lowest BCUT2D eigenvalue weighted by molar-refractivity contribution is 0.344. The van der Waals surface area contributed by atoms with Crippen LogP contribution in [0.25, 0.3) is 21.5 Å². The van der Waals surface area contributed by atoms with Gasteiger partial charge in [0.1, 0.15) is 0 Å². The highest BCUT2D eigenvalue weighted by Crippen LogP contribution is 2.64. The first-order chi connectivity index (χ1) is 14.1. The standard InChI is InChI=1S/C27H26O2/c1-13-5-4-8-18-22(13)25-24(18)20-12-19-14(11-21(20)26(28)27(25)29)9-10-17-15-6-2-3-7-16(15)23(17)19/h9-12,15-16,18,22,28-29H,1-8H2. The molecule has 0 heterocycles. The van der Waals surface area contributed by atoms with E-state index in [1.807, 2.05) is 0 Å².